The molecule has 0 bridgehead atoms. The SMILES string of the molecule is C=CCN1CC(c2cc(=O)n3[nH]c(-c4ccccc4OC)c(C)c3n2)CC1=O. The lowest BCUT2D eigenvalue weighted by Crippen LogP contribution is -2.25. The third-order valence-electron chi connectivity index (χ3n) is 5.23. The quantitative estimate of drug-likeness (QED) is 0.692. The standard InChI is InChI=1S/C21H22N4O3/c1-4-9-24-12-14(10-18(24)26)16-11-19(27)25-21(22-16)13(2)20(23-25)15-7-5-6-8-17(15)28-3/h4-8,11,14,23H,1,9-10,12H2,2-3H3. The van der Waals surface area contributed by atoms with Crippen molar-refractivity contribution in [3.8, 4) is 17.0 Å². The average molecular weight is 378 g/mol. The van der Waals surface area contributed by atoms with Crippen LogP contribution in [0.1, 0.15) is 23.6 Å². The van der Waals surface area contributed by atoms with Gasteiger partial charge in [0.25, 0.3) is 5.56 Å². The minimum absolute atomic E-state index is 0.0624. The number of para-hydroxylation sites is 1. The van der Waals surface area contributed by atoms with Crippen LogP contribution in [0.4, 0.5) is 0 Å². The molecule has 0 aliphatic carbocycles. The molecule has 4 rings (SSSR count). The highest BCUT2D eigenvalue weighted by Gasteiger charge is 2.31. The van der Waals surface area contributed by atoms with Crippen LogP contribution in [0.2, 0.25) is 0 Å². The van der Waals surface area contributed by atoms with Gasteiger partial charge in [-0.1, -0.05) is 18.2 Å². The first-order valence-electron chi connectivity index (χ1n) is 9.17. The number of methoxy groups -OCH3 is 1. The largest absolute Gasteiger partial charge is 0.496 e. The summed E-state index contributed by atoms with van der Waals surface area (Å²) in [4.78, 5) is 31.4. The fourth-order valence-electron chi connectivity index (χ4n) is 3.79. The normalized spacial score (nSPS) is 16.7. The van der Waals surface area contributed by atoms with Gasteiger partial charge in [0.15, 0.2) is 5.65 Å². The van der Waals surface area contributed by atoms with Gasteiger partial charge in [-0.2, -0.15) is 0 Å². The lowest BCUT2D eigenvalue weighted by Gasteiger charge is -2.13. The van der Waals surface area contributed by atoms with Gasteiger partial charge in [-0.25, -0.2) is 9.50 Å². The van der Waals surface area contributed by atoms with Gasteiger partial charge < -0.3 is 9.64 Å². The number of fused-ring (bicyclic) bond motifs is 1. The van der Waals surface area contributed by atoms with Crippen LogP contribution in [0.5, 0.6) is 5.75 Å². The molecule has 1 aliphatic rings. The monoisotopic (exact) mass is 378 g/mol. The van der Waals surface area contributed by atoms with Crippen LogP contribution < -0.4 is 10.3 Å². The minimum atomic E-state index is -0.195. The fourth-order valence-corrected chi connectivity index (χ4v) is 3.79. The number of nitrogens with one attached hydrogen (secondary N) is 1. The number of carbonyl (C=O) groups is 1. The highest BCUT2D eigenvalue weighted by Crippen LogP contribution is 2.32. The van der Waals surface area contributed by atoms with Gasteiger partial charge in [0, 0.05) is 42.6 Å². The van der Waals surface area contributed by atoms with Gasteiger partial charge in [-0.05, 0) is 19.1 Å². The van der Waals surface area contributed by atoms with Gasteiger partial charge >= 0.3 is 0 Å². The first kappa shape index (κ1) is 18.0. The van der Waals surface area contributed by atoms with Crippen molar-refractivity contribution >= 4 is 11.6 Å². The summed E-state index contributed by atoms with van der Waals surface area (Å²) < 4.78 is 6.90. The number of carbonyl (C=O) groups excluding carboxylic acids is 1. The summed E-state index contributed by atoms with van der Waals surface area (Å²) in [7, 11) is 1.62. The molecular formula is C21H22N4O3. The molecular weight excluding hydrogens is 356 g/mol. The number of hydrogen-bond donors (Lipinski definition) is 1. The third kappa shape index (κ3) is 2.89. The van der Waals surface area contributed by atoms with Gasteiger partial charge in [0.2, 0.25) is 5.91 Å². The Morgan fingerprint density at radius 3 is 2.89 bits per heavy atom. The average Bonchev–Trinajstić information content (AvgIpc) is 3.23. The molecule has 1 fully saturated rings. The summed E-state index contributed by atoms with van der Waals surface area (Å²) in [6.07, 6.45) is 2.07. The molecule has 0 radical (unpaired) electrons. The maximum Gasteiger partial charge on any atom is 0.272 e. The Bertz CT molecular complexity index is 1130. The van der Waals surface area contributed by atoms with Crippen molar-refractivity contribution < 1.29 is 9.53 Å². The minimum Gasteiger partial charge on any atom is -0.496 e. The van der Waals surface area contributed by atoms with E-state index in [1.165, 1.54) is 10.6 Å². The number of hydrogen-bond acceptors (Lipinski definition) is 4. The van der Waals surface area contributed by atoms with E-state index in [2.05, 4.69) is 11.7 Å². The lowest BCUT2D eigenvalue weighted by molar-refractivity contribution is -0.127. The number of benzene rings is 1. The molecule has 7 heteroatoms. The summed E-state index contributed by atoms with van der Waals surface area (Å²) in [5, 5.41) is 3.15. The molecule has 0 spiro atoms. The maximum absolute atomic E-state index is 12.7. The Kier molecular flexibility index (Phi) is 4.50. The number of amides is 1. The number of ether oxygens (including phenoxy) is 1. The molecule has 1 amide bonds. The molecule has 1 aromatic carbocycles. The van der Waals surface area contributed by atoms with Crippen molar-refractivity contribution in [2.45, 2.75) is 19.3 Å². The van der Waals surface area contributed by atoms with E-state index < -0.39 is 0 Å². The predicted octanol–water partition coefficient (Wildman–Crippen LogP) is 2.51. The molecule has 144 valence electrons. The zero-order valence-corrected chi connectivity index (χ0v) is 15.9. The Hall–Kier alpha value is -3.35. The Morgan fingerprint density at radius 1 is 1.36 bits per heavy atom. The number of likely N-dealkylation sites (tertiary alicyclic amines) is 1. The van der Waals surface area contributed by atoms with Crippen molar-refractivity contribution in [1.29, 1.82) is 0 Å². The van der Waals surface area contributed by atoms with Gasteiger partial charge in [-0.3, -0.25) is 14.7 Å². The van der Waals surface area contributed by atoms with Crippen molar-refractivity contribution in [2.75, 3.05) is 20.2 Å². The molecule has 1 saturated heterocycles. The van der Waals surface area contributed by atoms with E-state index in [0.29, 0.717) is 36.6 Å². The van der Waals surface area contributed by atoms with E-state index in [1.807, 2.05) is 31.2 Å². The summed E-state index contributed by atoms with van der Waals surface area (Å²) in [6, 6.07) is 9.15. The Morgan fingerprint density at radius 2 is 2.14 bits per heavy atom. The van der Waals surface area contributed by atoms with Crippen LogP contribution in [-0.4, -0.2) is 45.6 Å². The summed E-state index contributed by atoms with van der Waals surface area (Å²) in [5.74, 6) is 0.688. The number of aromatic nitrogens is 3. The van der Waals surface area contributed by atoms with E-state index in [9.17, 15) is 9.59 Å². The molecule has 7 nitrogen and oxygen atoms in total. The van der Waals surface area contributed by atoms with Crippen LogP contribution in [0.3, 0.4) is 0 Å². The Balaban J connectivity index is 1.80. The van der Waals surface area contributed by atoms with Gasteiger partial charge in [0.05, 0.1) is 18.5 Å². The van der Waals surface area contributed by atoms with Crippen molar-refractivity contribution in [3.63, 3.8) is 0 Å². The van der Waals surface area contributed by atoms with E-state index in [0.717, 1.165) is 16.8 Å². The second kappa shape index (κ2) is 6.99. The summed E-state index contributed by atoms with van der Waals surface area (Å²) >= 11 is 0. The Labute approximate surface area is 162 Å². The molecule has 1 N–H and O–H groups in total. The zero-order valence-electron chi connectivity index (χ0n) is 15.9. The van der Waals surface area contributed by atoms with E-state index in [4.69, 9.17) is 9.72 Å². The van der Waals surface area contributed by atoms with Crippen LogP contribution in [0, 0.1) is 6.92 Å². The third-order valence-corrected chi connectivity index (χ3v) is 5.23. The maximum atomic E-state index is 12.7. The molecule has 1 atom stereocenters. The van der Waals surface area contributed by atoms with E-state index >= 15 is 0 Å². The topological polar surface area (TPSA) is 79.7 Å². The number of aryl methyl sites for hydroxylation is 1. The first-order chi connectivity index (χ1) is 13.5. The number of nitrogens with zero attached hydrogens (tertiary/aromatic N) is 3. The first-order valence-corrected chi connectivity index (χ1v) is 9.17. The number of aromatic amines is 1. The molecule has 3 heterocycles. The predicted molar refractivity (Wildman–Crippen MR) is 107 cm³/mol. The van der Waals surface area contributed by atoms with E-state index in [-0.39, 0.29) is 17.4 Å². The number of H-pyrrole nitrogens is 1. The lowest BCUT2D eigenvalue weighted by atomic mass is 10.0. The van der Waals surface area contributed by atoms with E-state index in [1.54, 1.807) is 18.1 Å². The van der Waals surface area contributed by atoms with Crippen molar-refractivity contribution in [3.05, 3.63) is 64.6 Å². The van der Waals surface area contributed by atoms with Crippen LogP contribution >= 0.6 is 0 Å². The summed E-state index contributed by atoms with van der Waals surface area (Å²) in [6.45, 7) is 6.68. The molecule has 1 aliphatic heterocycles. The number of rotatable bonds is 5. The molecule has 2 aromatic heterocycles. The molecule has 3 aromatic rings. The second-order valence-electron chi connectivity index (χ2n) is 6.98. The second-order valence-corrected chi connectivity index (χ2v) is 6.98. The molecule has 0 saturated carbocycles. The summed E-state index contributed by atoms with van der Waals surface area (Å²) in [5.41, 5.74) is 3.53. The van der Waals surface area contributed by atoms with Crippen molar-refractivity contribution in [2.24, 2.45) is 0 Å². The zero-order chi connectivity index (χ0) is 19.8. The molecule has 1 unspecified atom stereocenters. The highest BCUT2D eigenvalue weighted by molar-refractivity contribution is 5.80. The molecule has 28 heavy (non-hydrogen) atoms. The van der Waals surface area contributed by atoms with Crippen LogP contribution in [0.25, 0.3) is 16.9 Å². The van der Waals surface area contributed by atoms with Gasteiger partial charge in [0.1, 0.15) is 5.75 Å². The van der Waals surface area contributed by atoms with Gasteiger partial charge in [-0.15, -0.1) is 6.58 Å². The van der Waals surface area contributed by atoms with Crippen molar-refractivity contribution in [1.82, 2.24) is 19.5 Å². The smallest absolute Gasteiger partial charge is 0.272 e. The van der Waals surface area contributed by atoms with Crippen LogP contribution in [-0.2, 0) is 4.79 Å². The highest BCUT2D eigenvalue weighted by atomic mass is 16.5. The fraction of sp³-hybridized carbons (Fsp3) is 0.286. The van der Waals surface area contributed by atoms with Crippen LogP contribution in [0.15, 0.2) is 47.8 Å².